The molecule has 3 heterocycles. The quantitative estimate of drug-likeness (QED) is 0.297. The lowest BCUT2D eigenvalue weighted by atomic mass is 9.79. The molecule has 4 aromatic rings. The van der Waals surface area contributed by atoms with E-state index in [1.54, 1.807) is 7.11 Å². The van der Waals surface area contributed by atoms with E-state index in [4.69, 9.17) is 14.2 Å². The second kappa shape index (κ2) is 12.5. The molecule has 0 bridgehead atoms. The van der Waals surface area contributed by atoms with Crippen molar-refractivity contribution >= 4 is 38.5 Å². The van der Waals surface area contributed by atoms with Crippen LogP contribution in [-0.4, -0.2) is 79.7 Å². The number of thiazole rings is 1. The number of nitrogens with one attached hydrogen (secondary N) is 1. The van der Waals surface area contributed by atoms with Crippen LogP contribution in [0.25, 0.3) is 10.2 Å². The number of aromatic nitrogens is 1. The highest BCUT2D eigenvalue weighted by atomic mass is 32.1. The van der Waals surface area contributed by atoms with Gasteiger partial charge in [-0.3, -0.25) is 14.5 Å². The molecule has 2 amide bonds. The number of nitrogens with zero attached hydrogens (tertiary/aromatic N) is 3. The van der Waals surface area contributed by atoms with E-state index in [1.807, 2.05) is 78.6 Å². The zero-order valence-electron chi connectivity index (χ0n) is 23.7. The van der Waals surface area contributed by atoms with Gasteiger partial charge in [0.15, 0.2) is 5.13 Å². The maximum absolute atomic E-state index is 14.3. The number of carbonyl (C=O) groups is 2. The molecule has 0 saturated carbocycles. The second-order valence-electron chi connectivity index (χ2n) is 10.3. The highest BCUT2D eigenvalue weighted by Gasteiger charge is 2.44. The van der Waals surface area contributed by atoms with E-state index in [0.29, 0.717) is 49.2 Å². The maximum atomic E-state index is 14.3. The maximum Gasteiger partial charge on any atom is 0.254 e. The molecule has 0 radical (unpaired) electrons. The number of amides is 2. The van der Waals surface area contributed by atoms with Crippen LogP contribution < -0.4 is 14.8 Å². The monoisotopic (exact) mass is 586 g/mol. The van der Waals surface area contributed by atoms with Gasteiger partial charge in [0.2, 0.25) is 5.91 Å². The number of morpholine rings is 1. The van der Waals surface area contributed by atoms with E-state index < -0.39 is 12.0 Å². The Morgan fingerprint density at radius 1 is 1.05 bits per heavy atom. The lowest BCUT2D eigenvalue weighted by molar-refractivity contribution is -0.119. The lowest BCUT2D eigenvalue weighted by Crippen LogP contribution is -2.49. The first-order chi connectivity index (χ1) is 20.6. The number of benzene rings is 3. The lowest BCUT2D eigenvalue weighted by Gasteiger charge is -2.42. The summed E-state index contributed by atoms with van der Waals surface area (Å²) in [5, 5.41) is 3.59. The average Bonchev–Trinajstić information content (AvgIpc) is 3.43. The predicted octanol–water partition coefficient (Wildman–Crippen LogP) is 4.96. The topological polar surface area (TPSA) is 93.2 Å². The van der Waals surface area contributed by atoms with Gasteiger partial charge >= 0.3 is 0 Å². The summed E-state index contributed by atoms with van der Waals surface area (Å²) in [6.07, 6.45) is 0. The molecule has 1 saturated heterocycles. The van der Waals surface area contributed by atoms with Crippen LogP contribution in [0.4, 0.5) is 5.13 Å². The normalized spacial score (nSPS) is 19.0. The number of hydrogen-bond acceptors (Lipinski definition) is 8. The predicted molar refractivity (Wildman–Crippen MR) is 163 cm³/mol. The zero-order chi connectivity index (χ0) is 29.1. The minimum absolute atomic E-state index is 0.0751. The summed E-state index contributed by atoms with van der Waals surface area (Å²) in [6.45, 7) is 6.66. The van der Waals surface area contributed by atoms with Gasteiger partial charge in [-0.1, -0.05) is 41.7 Å². The average molecular weight is 587 g/mol. The molecule has 0 aliphatic carbocycles. The smallest absolute Gasteiger partial charge is 0.254 e. The van der Waals surface area contributed by atoms with Gasteiger partial charge < -0.3 is 24.4 Å². The molecule has 2 atom stereocenters. The molecule has 0 unspecified atom stereocenters. The van der Waals surface area contributed by atoms with Gasteiger partial charge in [-0.15, -0.1) is 0 Å². The van der Waals surface area contributed by atoms with E-state index in [9.17, 15) is 9.59 Å². The van der Waals surface area contributed by atoms with Crippen molar-refractivity contribution in [2.75, 3.05) is 58.4 Å². The molecule has 9 nitrogen and oxygen atoms in total. The molecule has 3 aromatic carbocycles. The van der Waals surface area contributed by atoms with Gasteiger partial charge in [-0.2, -0.15) is 0 Å². The number of methoxy groups -OCH3 is 1. The Morgan fingerprint density at radius 2 is 1.81 bits per heavy atom. The standard InChI is InChI=1S/C32H34N4O5S/c1-3-41-22-10-8-21(9-11-22)29-28(30(37)34-32-33-26-13-12-23(39-2)20-27(26)42-32)24-6-4-5-7-25(24)31(38)36(29)15-14-35-16-18-40-19-17-35/h4-13,20,28-29H,3,14-19H2,1-2H3,(H,33,34,37)/t28-,29+/m0/s1. The second-order valence-corrected chi connectivity index (χ2v) is 11.3. The first kappa shape index (κ1) is 28.1. The third-order valence-corrected chi connectivity index (χ3v) is 8.77. The molecule has 2 aliphatic heterocycles. The van der Waals surface area contributed by atoms with Crippen molar-refractivity contribution in [3.8, 4) is 11.5 Å². The Balaban J connectivity index is 1.38. The Morgan fingerprint density at radius 3 is 2.57 bits per heavy atom. The van der Waals surface area contributed by atoms with Crippen molar-refractivity contribution in [3.63, 3.8) is 0 Å². The molecular weight excluding hydrogens is 552 g/mol. The summed E-state index contributed by atoms with van der Waals surface area (Å²) in [5.41, 5.74) is 2.92. The van der Waals surface area contributed by atoms with Crippen LogP contribution in [0.15, 0.2) is 66.7 Å². The van der Waals surface area contributed by atoms with Crippen LogP contribution in [0.2, 0.25) is 0 Å². The fraction of sp³-hybridized carbons (Fsp3) is 0.344. The minimum Gasteiger partial charge on any atom is -0.497 e. The Bertz CT molecular complexity index is 1570. The summed E-state index contributed by atoms with van der Waals surface area (Å²) in [5.74, 6) is 0.540. The van der Waals surface area contributed by atoms with Crippen LogP contribution >= 0.6 is 11.3 Å². The molecule has 218 valence electrons. The van der Waals surface area contributed by atoms with E-state index in [2.05, 4.69) is 15.2 Å². The summed E-state index contributed by atoms with van der Waals surface area (Å²) in [7, 11) is 1.62. The molecule has 1 N–H and O–H groups in total. The largest absolute Gasteiger partial charge is 0.497 e. The van der Waals surface area contributed by atoms with Gasteiger partial charge in [-0.25, -0.2) is 4.98 Å². The summed E-state index contributed by atoms with van der Waals surface area (Å²) in [6, 6.07) is 20.3. The highest BCUT2D eigenvalue weighted by Crippen LogP contribution is 2.44. The van der Waals surface area contributed by atoms with Gasteiger partial charge in [0.1, 0.15) is 11.5 Å². The number of fused-ring (bicyclic) bond motifs is 2. The van der Waals surface area contributed by atoms with Crippen LogP contribution in [0.1, 0.15) is 40.4 Å². The number of anilines is 1. The van der Waals surface area contributed by atoms with Crippen molar-refractivity contribution in [1.82, 2.24) is 14.8 Å². The van der Waals surface area contributed by atoms with E-state index in [-0.39, 0.29) is 11.8 Å². The Kier molecular flexibility index (Phi) is 8.36. The van der Waals surface area contributed by atoms with Gasteiger partial charge in [-0.05, 0) is 54.4 Å². The SMILES string of the molecule is CCOc1ccc([C@@H]2[C@@H](C(=O)Nc3nc4ccc(OC)cc4s3)c3ccccc3C(=O)N2CCN2CCOCC2)cc1. The number of rotatable bonds is 9. The van der Waals surface area contributed by atoms with Gasteiger partial charge in [0.05, 0.1) is 49.1 Å². The van der Waals surface area contributed by atoms with Crippen molar-refractivity contribution < 1.29 is 23.8 Å². The highest BCUT2D eigenvalue weighted by molar-refractivity contribution is 7.22. The number of hydrogen-bond donors (Lipinski definition) is 1. The van der Waals surface area contributed by atoms with Gasteiger partial charge in [0, 0.05) is 31.7 Å². The molecule has 10 heteroatoms. The van der Waals surface area contributed by atoms with Crippen LogP contribution in [0.3, 0.4) is 0 Å². The third kappa shape index (κ3) is 5.70. The van der Waals surface area contributed by atoms with Crippen molar-refractivity contribution in [3.05, 3.63) is 83.4 Å². The molecule has 1 aromatic heterocycles. The minimum atomic E-state index is -0.650. The molecule has 42 heavy (non-hydrogen) atoms. The molecule has 0 spiro atoms. The van der Waals surface area contributed by atoms with Crippen LogP contribution in [0.5, 0.6) is 11.5 Å². The van der Waals surface area contributed by atoms with Crippen molar-refractivity contribution in [2.45, 2.75) is 18.9 Å². The van der Waals surface area contributed by atoms with E-state index >= 15 is 0 Å². The number of carbonyl (C=O) groups excluding carboxylic acids is 2. The van der Waals surface area contributed by atoms with E-state index in [0.717, 1.165) is 40.4 Å². The molecule has 6 rings (SSSR count). The van der Waals surface area contributed by atoms with Crippen LogP contribution in [0, 0.1) is 0 Å². The van der Waals surface area contributed by atoms with Crippen LogP contribution in [-0.2, 0) is 9.53 Å². The van der Waals surface area contributed by atoms with Gasteiger partial charge in [0.25, 0.3) is 5.91 Å². The van der Waals surface area contributed by atoms with E-state index in [1.165, 1.54) is 11.3 Å². The Labute approximate surface area is 249 Å². The first-order valence-corrected chi connectivity index (χ1v) is 15.1. The zero-order valence-corrected chi connectivity index (χ0v) is 24.6. The number of ether oxygens (including phenoxy) is 3. The van der Waals surface area contributed by atoms with Crippen molar-refractivity contribution in [1.29, 1.82) is 0 Å². The third-order valence-electron chi connectivity index (χ3n) is 7.84. The fourth-order valence-corrected chi connectivity index (χ4v) is 6.66. The first-order valence-electron chi connectivity index (χ1n) is 14.2. The Hall–Kier alpha value is -3.99. The van der Waals surface area contributed by atoms with Crippen molar-refractivity contribution in [2.24, 2.45) is 0 Å². The fourth-order valence-electron chi connectivity index (χ4n) is 5.76. The molecule has 2 aliphatic rings. The summed E-state index contributed by atoms with van der Waals surface area (Å²) < 4.78 is 17.5. The summed E-state index contributed by atoms with van der Waals surface area (Å²) >= 11 is 1.40. The molecular formula is C32H34N4O5S. The molecule has 1 fully saturated rings. The summed E-state index contributed by atoms with van der Waals surface area (Å²) in [4.78, 5) is 37.2.